The van der Waals surface area contributed by atoms with Gasteiger partial charge >= 0.3 is 0 Å². The lowest BCUT2D eigenvalue weighted by Crippen LogP contribution is -2.30. The second-order valence-corrected chi connectivity index (χ2v) is 5.62. The van der Waals surface area contributed by atoms with Crippen molar-refractivity contribution in [1.82, 2.24) is 4.90 Å². The topological polar surface area (TPSA) is 23.5 Å². The summed E-state index contributed by atoms with van der Waals surface area (Å²) in [7, 11) is 0. The van der Waals surface area contributed by atoms with E-state index in [-0.39, 0.29) is 6.10 Å². The Morgan fingerprint density at radius 1 is 1.24 bits per heavy atom. The highest BCUT2D eigenvalue weighted by molar-refractivity contribution is 14.1. The third kappa shape index (κ3) is 5.36. The van der Waals surface area contributed by atoms with Crippen molar-refractivity contribution in [3.05, 3.63) is 33.4 Å². The van der Waals surface area contributed by atoms with Gasteiger partial charge in [0.1, 0.15) is 0 Å². The summed E-state index contributed by atoms with van der Waals surface area (Å²) >= 11 is 2.28. The molecule has 1 aromatic rings. The number of nitrogens with zero attached hydrogens (tertiary/aromatic N) is 1. The lowest BCUT2D eigenvalue weighted by molar-refractivity contribution is 0.113. The van der Waals surface area contributed by atoms with Gasteiger partial charge < -0.3 is 10.0 Å². The van der Waals surface area contributed by atoms with E-state index in [2.05, 4.69) is 47.4 Å². The molecule has 2 nitrogen and oxygen atoms in total. The normalized spacial score (nSPS) is 13.0. The standard InChI is InChI=1S/C14H22INO/c1-3-8-16(9-4-2)11-14(17)12-6-5-7-13(15)10-12/h5-7,10,14,17H,3-4,8-9,11H2,1-2H3/t14-/m1/s1. The van der Waals surface area contributed by atoms with Gasteiger partial charge in [0.25, 0.3) is 0 Å². The van der Waals surface area contributed by atoms with Gasteiger partial charge in [0, 0.05) is 10.1 Å². The molecule has 1 rings (SSSR count). The van der Waals surface area contributed by atoms with Crippen LogP contribution in [0.3, 0.4) is 0 Å². The molecule has 1 N–H and O–H groups in total. The summed E-state index contributed by atoms with van der Waals surface area (Å²) in [5, 5.41) is 10.2. The minimum absolute atomic E-state index is 0.372. The number of halogens is 1. The molecular formula is C14H22INO. The van der Waals surface area contributed by atoms with Crippen LogP contribution in [0.4, 0.5) is 0 Å². The van der Waals surface area contributed by atoms with E-state index in [0.717, 1.165) is 38.0 Å². The summed E-state index contributed by atoms with van der Waals surface area (Å²) in [6.07, 6.45) is 1.90. The maximum atomic E-state index is 10.2. The molecule has 3 heteroatoms. The first-order chi connectivity index (χ1) is 8.17. The molecule has 0 saturated heterocycles. The fourth-order valence-corrected chi connectivity index (χ4v) is 2.56. The van der Waals surface area contributed by atoms with Gasteiger partial charge in [-0.3, -0.25) is 0 Å². The number of rotatable bonds is 7. The van der Waals surface area contributed by atoms with E-state index in [1.165, 1.54) is 3.57 Å². The molecule has 0 aliphatic carbocycles. The molecule has 0 fully saturated rings. The highest BCUT2D eigenvalue weighted by atomic mass is 127. The minimum atomic E-state index is -0.372. The molecule has 0 spiro atoms. The van der Waals surface area contributed by atoms with Crippen LogP contribution < -0.4 is 0 Å². The van der Waals surface area contributed by atoms with E-state index < -0.39 is 0 Å². The van der Waals surface area contributed by atoms with Crippen LogP contribution in [-0.2, 0) is 0 Å². The molecule has 0 saturated carbocycles. The molecule has 1 aromatic carbocycles. The van der Waals surface area contributed by atoms with Crippen molar-refractivity contribution >= 4 is 22.6 Å². The molecule has 0 aromatic heterocycles. The first-order valence-electron chi connectivity index (χ1n) is 6.33. The Morgan fingerprint density at radius 3 is 2.41 bits per heavy atom. The quantitative estimate of drug-likeness (QED) is 0.764. The maximum Gasteiger partial charge on any atom is 0.0917 e. The zero-order valence-corrected chi connectivity index (χ0v) is 12.9. The molecule has 0 unspecified atom stereocenters. The number of hydrogen-bond acceptors (Lipinski definition) is 2. The van der Waals surface area contributed by atoms with Crippen LogP contribution in [0.25, 0.3) is 0 Å². The van der Waals surface area contributed by atoms with Gasteiger partial charge in [-0.15, -0.1) is 0 Å². The third-order valence-electron chi connectivity index (χ3n) is 2.74. The molecule has 0 radical (unpaired) electrons. The highest BCUT2D eigenvalue weighted by Gasteiger charge is 2.12. The Hall–Kier alpha value is -0.130. The van der Waals surface area contributed by atoms with Crippen LogP contribution >= 0.6 is 22.6 Å². The largest absolute Gasteiger partial charge is 0.387 e. The van der Waals surface area contributed by atoms with Crippen molar-refractivity contribution in [1.29, 1.82) is 0 Å². The van der Waals surface area contributed by atoms with Crippen LogP contribution in [0.1, 0.15) is 38.4 Å². The summed E-state index contributed by atoms with van der Waals surface area (Å²) in [5.41, 5.74) is 1.02. The molecule has 1 atom stereocenters. The summed E-state index contributed by atoms with van der Waals surface area (Å²) in [5.74, 6) is 0. The van der Waals surface area contributed by atoms with Gasteiger partial charge in [-0.2, -0.15) is 0 Å². The van der Waals surface area contributed by atoms with Crippen LogP contribution in [-0.4, -0.2) is 29.6 Å². The first-order valence-corrected chi connectivity index (χ1v) is 7.41. The third-order valence-corrected chi connectivity index (χ3v) is 3.42. The second-order valence-electron chi connectivity index (χ2n) is 4.37. The average molecular weight is 347 g/mol. The molecule has 0 amide bonds. The lowest BCUT2D eigenvalue weighted by Gasteiger charge is -2.24. The smallest absolute Gasteiger partial charge is 0.0917 e. The monoisotopic (exact) mass is 347 g/mol. The van der Waals surface area contributed by atoms with Gasteiger partial charge in [0.2, 0.25) is 0 Å². The molecule has 0 aliphatic rings. The zero-order chi connectivity index (χ0) is 12.7. The fraction of sp³-hybridized carbons (Fsp3) is 0.571. The van der Waals surface area contributed by atoms with E-state index >= 15 is 0 Å². The van der Waals surface area contributed by atoms with Crippen LogP contribution in [0.15, 0.2) is 24.3 Å². The van der Waals surface area contributed by atoms with Crippen molar-refractivity contribution in [3.8, 4) is 0 Å². The van der Waals surface area contributed by atoms with Crippen molar-refractivity contribution in [2.24, 2.45) is 0 Å². The summed E-state index contributed by atoms with van der Waals surface area (Å²) in [6.45, 7) is 7.23. The summed E-state index contributed by atoms with van der Waals surface area (Å²) in [4.78, 5) is 2.34. The highest BCUT2D eigenvalue weighted by Crippen LogP contribution is 2.17. The van der Waals surface area contributed by atoms with Gasteiger partial charge in [-0.1, -0.05) is 26.0 Å². The molecule has 0 aliphatic heterocycles. The zero-order valence-electron chi connectivity index (χ0n) is 10.7. The Morgan fingerprint density at radius 2 is 1.88 bits per heavy atom. The van der Waals surface area contributed by atoms with Gasteiger partial charge in [-0.05, 0) is 66.2 Å². The van der Waals surface area contributed by atoms with Crippen LogP contribution in [0.2, 0.25) is 0 Å². The number of aliphatic hydroxyl groups excluding tert-OH is 1. The van der Waals surface area contributed by atoms with Crippen LogP contribution in [0.5, 0.6) is 0 Å². The van der Waals surface area contributed by atoms with E-state index in [9.17, 15) is 5.11 Å². The predicted molar refractivity (Wildman–Crippen MR) is 81.1 cm³/mol. The van der Waals surface area contributed by atoms with Crippen LogP contribution in [0, 0.1) is 3.57 Å². The van der Waals surface area contributed by atoms with E-state index in [4.69, 9.17) is 0 Å². The number of hydrogen-bond donors (Lipinski definition) is 1. The van der Waals surface area contributed by atoms with Gasteiger partial charge in [0.15, 0.2) is 0 Å². The van der Waals surface area contributed by atoms with Gasteiger partial charge in [-0.25, -0.2) is 0 Å². The molecule has 96 valence electrons. The summed E-state index contributed by atoms with van der Waals surface area (Å²) in [6, 6.07) is 8.11. The van der Waals surface area contributed by atoms with Crippen molar-refractivity contribution in [3.63, 3.8) is 0 Å². The molecule has 0 heterocycles. The average Bonchev–Trinajstić information content (AvgIpc) is 2.29. The first kappa shape index (κ1) is 14.9. The maximum absolute atomic E-state index is 10.2. The number of benzene rings is 1. The van der Waals surface area contributed by atoms with E-state index in [1.54, 1.807) is 0 Å². The number of aliphatic hydroxyl groups is 1. The summed E-state index contributed by atoms with van der Waals surface area (Å²) < 4.78 is 1.18. The second kappa shape index (κ2) is 8.06. The molecular weight excluding hydrogens is 325 g/mol. The van der Waals surface area contributed by atoms with Crippen molar-refractivity contribution in [2.45, 2.75) is 32.8 Å². The minimum Gasteiger partial charge on any atom is -0.387 e. The van der Waals surface area contributed by atoms with Crippen molar-refractivity contribution < 1.29 is 5.11 Å². The Kier molecular flexibility index (Phi) is 7.08. The fourth-order valence-electron chi connectivity index (χ4n) is 1.99. The molecule has 17 heavy (non-hydrogen) atoms. The predicted octanol–water partition coefficient (Wildman–Crippen LogP) is 3.45. The van der Waals surface area contributed by atoms with E-state index in [0.29, 0.717) is 0 Å². The molecule has 0 bridgehead atoms. The lowest BCUT2D eigenvalue weighted by atomic mass is 10.1. The van der Waals surface area contributed by atoms with Crippen molar-refractivity contribution in [2.75, 3.05) is 19.6 Å². The Balaban J connectivity index is 2.59. The Labute approximate surface area is 118 Å². The van der Waals surface area contributed by atoms with Gasteiger partial charge in [0.05, 0.1) is 6.10 Å². The Bertz CT molecular complexity index is 324. The van der Waals surface area contributed by atoms with E-state index in [1.807, 2.05) is 18.2 Å². The SMILES string of the molecule is CCCN(CCC)C[C@@H](O)c1cccc(I)c1.